The van der Waals surface area contributed by atoms with Gasteiger partial charge in [-0.15, -0.1) is 0 Å². The van der Waals surface area contributed by atoms with Crippen LogP contribution in [0, 0.1) is 11.8 Å². The molecule has 0 aromatic heterocycles. The maximum absolute atomic E-state index is 13.3. The van der Waals surface area contributed by atoms with E-state index in [1.807, 2.05) is 37.3 Å². The Labute approximate surface area is 173 Å². The van der Waals surface area contributed by atoms with Crippen LogP contribution in [0.2, 0.25) is 0 Å². The Hall–Kier alpha value is -2.12. The molecule has 6 nitrogen and oxygen atoms in total. The van der Waals surface area contributed by atoms with Crippen LogP contribution in [-0.4, -0.2) is 43.6 Å². The quantitative estimate of drug-likeness (QED) is 0.669. The van der Waals surface area contributed by atoms with Crippen molar-refractivity contribution in [3.63, 3.8) is 0 Å². The van der Waals surface area contributed by atoms with E-state index in [0.717, 1.165) is 42.9 Å². The first-order chi connectivity index (χ1) is 13.9. The predicted octanol–water partition coefficient (Wildman–Crippen LogP) is 4.31. The number of amides is 1. The van der Waals surface area contributed by atoms with Crippen LogP contribution in [0.15, 0.2) is 47.4 Å². The lowest BCUT2D eigenvalue weighted by molar-refractivity contribution is 0.185. The minimum Gasteiger partial charge on any atom is -0.465 e. The molecule has 1 saturated carbocycles. The molecule has 7 heteroatoms. The van der Waals surface area contributed by atoms with E-state index >= 15 is 0 Å². The highest BCUT2D eigenvalue weighted by Crippen LogP contribution is 2.31. The third-order valence-electron chi connectivity index (χ3n) is 5.80. The topological polar surface area (TPSA) is 86.7 Å². The van der Waals surface area contributed by atoms with Crippen molar-refractivity contribution in [2.75, 3.05) is 19.6 Å². The molecule has 2 N–H and O–H groups in total. The van der Waals surface area contributed by atoms with E-state index in [1.165, 1.54) is 0 Å². The molecule has 2 aromatic carbocycles. The van der Waals surface area contributed by atoms with Crippen LogP contribution in [0.4, 0.5) is 4.79 Å². The van der Waals surface area contributed by atoms with Gasteiger partial charge in [0.25, 0.3) is 0 Å². The van der Waals surface area contributed by atoms with Crippen LogP contribution in [0.25, 0.3) is 10.8 Å². The van der Waals surface area contributed by atoms with Gasteiger partial charge in [-0.1, -0.05) is 37.3 Å². The smallest absolute Gasteiger partial charge is 0.404 e. The summed E-state index contributed by atoms with van der Waals surface area (Å²) >= 11 is 0. The Morgan fingerprint density at radius 1 is 1.07 bits per heavy atom. The maximum Gasteiger partial charge on any atom is 0.404 e. The zero-order valence-corrected chi connectivity index (χ0v) is 17.7. The summed E-state index contributed by atoms with van der Waals surface area (Å²) in [5.74, 6) is 0.664. The third-order valence-corrected chi connectivity index (χ3v) is 7.66. The van der Waals surface area contributed by atoms with Crippen molar-refractivity contribution in [3.05, 3.63) is 42.5 Å². The summed E-state index contributed by atoms with van der Waals surface area (Å²) in [6.07, 6.45) is 3.51. The average Bonchev–Trinajstić information content (AvgIpc) is 2.72. The molecule has 29 heavy (non-hydrogen) atoms. The van der Waals surface area contributed by atoms with E-state index in [2.05, 4.69) is 5.32 Å². The molecule has 0 bridgehead atoms. The van der Waals surface area contributed by atoms with Gasteiger partial charge in [-0.25, -0.2) is 13.2 Å². The van der Waals surface area contributed by atoms with Crippen LogP contribution >= 0.6 is 0 Å². The molecule has 0 unspecified atom stereocenters. The molecule has 2 aromatic rings. The first-order valence-corrected chi connectivity index (χ1v) is 11.8. The van der Waals surface area contributed by atoms with Crippen LogP contribution in [0.3, 0.4) is 0 Å². The second-order valence-corrected chi connectivity index (χ2v) is 9.88. The van der Waals surface area contributed by atoms with Crippen molar-refractivity contribution in [2.24, 2.45) is 11.8 Å². The van der Waals surface area contributed by atoms with E-state index in [0.29, 0.717) is 36.4 Å². The second-order valence-electron chi connectivity index (χ2n) is 7.94. The van der Waals surface area contributed by atoms with Crippen LogP contribution in [0.1, 0.15) is 39.0 Å². The first-order valence-electron chi connectivity index (χ1n) is 10.4. The normalized spacial score (nSPS) is 20.1. The van der Waals surface area contributed by atoms with Gasteiger partial charge < -0.3 is 10.4 Å². The Morgan fingerprint density at radius 3 is 2.38 bits per heavy atom. The van der Waals surface area contributed by atoms with Gasteiger partial charge in [0.2, 0.25) is 10.0 Å². The van der Waals surface area contributed by atoms with E-state index in [-0.39, 0.29) is 0 Å². The fraction of sp³-hybridized carbons (Fsp3) is 0.500. The van der Waals surface area contributed by atoms with Gasteiger partial charge in [-0.05, 0) is 66.8 Å². The molecule has 158 valence electrons. The molecule has 1 amide bonds. The highest BCUT2D eigenvalue weighted by atomic mass is 32.2. The Kier molecular flexibility index (Phi) is 7.14. The van der Waals surface area contributed by atoms with Gasteiger partial charge in [0.05, 0.1) is 4.90 Å². The summed E-state index contributed by atoms with van der Waals surface area (Å²) in [7, 11) is -3.55. The summed E-state index contributed by atoms with van der Waals surface area (Å²) in [5.41, 5.74) is 0. The number of hydrogen-bond donors (Lipinski definition) is 2. The minimum absolute atomic E-state index is 0.317. The monoisotopic (exact) mass is 418 g/mol. The van der Waals surface area contributed by atoms with Gasteiger partial charge in [-0.2, -0.15) is 4.31 Å². The van der Waals surface area contributed by atoms with Crippen molar-refractivity contribution in [2.45, 2.75) is 43.9 Å². The van der Waals surface area contributed by atoms with Crippen molar-refractivity contribution in [3.8, 4) is 0 Å². The zero-order chi connectivity index (χ0) is 20.9. The minimum atomic E-state index is -3.55. The van der Waals surface area contributed by atoms with Crippen LogP contribution < -0.4 is 5.32 Å². The number of benzene rings is 2. The van der Waals surface area contributed by atoms with Gasteiger partial charge in [-0.3, -0.25) is 0 Å². The number of hydrogen-bond acceptors (Lipinski definition) is 3. The Bertz CT molecular complexity index is 937. The van der Waals surface area contributed by atoms with Crippen molar-refractivity contribution >= 4 is 26.9 Å². The summed E-state index contributed by atoms with van der Waals surface area (Å²) in [5, 5.41) is 13.2. The summed E-state index contributed by atoms with van der Waals surface area (Å²) < 4.78 is 28.3. The fourth-order valence-corrected chi connectivity index (χ4v) is 5.82. The average molecular weight is 419 g/mol. The maximum atomic E-state index is 13.3. The van der Waals surface area contributed by atoms with E-state index in [1.54, 1.807) is 16.4 Å². The third kappa shape index (κ3) is 5.48. The number of rotatable bonds is 8. The highest BCUT2D eigenvalue weighted by Gasteiger charge is 2.29. The summed E-state index contributed by atoms with van der Waals surface area (Å²) in [4.78, 5) is 11.0. The zero-order valence-electron chi connectivity index (χ0n) is 16.9. The van der Waals surface area contributed by atoms with E-state index < -0.39 is 16.1 Å². The molecular weight excluding hydrogens is 388 g/mol. The largest absolute Gasteiger partial charge is 0.465 e. The predicted molar refractivity (Wildman–Crippen MR) is 114 cm³/mol. The molecule has 0 saturated heterocycles. The summed E-state index contributed by atoms with van der Waals surface area (Å²) in [6, 6.07) is 13.1. The lowest BCUT2D eigenvalue weighted by atomic mass is 9.82. The van der Waals surface area contributed by atoms with Crippen LogP contribution in [-0.2, 0) is 10.0 Å². The van der Waals surface area contributed by atoms with Crippen molar-refractivity contribution in [1.29, 1.82) is 0 Å². The lowest BCUT2D eigenvalue weighted by Crippen LogP contribution is -2.38. The number of carbonyl (C=O) groups is 1. The molecule has 0 radical (unpaired) electrons. The number of carboxylic acid groups (broad SMARTS) is 1. The summed E-state index contributed by atoms with van der Waals surface area (Å²) in [6.45, 7) is 3.52. The van der Waals surface area contributed by atoms with E-state index in [9.17, 15) is 13.2 Å². The van der Waals surface area contributed by atoms with Gasteiger partial charge in [0.1, 0.15) is 0 Å². The lowest BCUT2D eigenvalue weighted by Gasteiger charge is -2.32. The second kappa shape index (κ2) is 9.59. The molecule has 1 aliphatic carbocycles. The number of fused-ring (bicyclic) bond motifs is 1. The van der Waals surface area contributed by atoms with Crippen molar-refractivity contribution in [1.82, 2.24) is 9.62 Å². The number of nitrogens with one attached hydrogen (secondary N) is 1. The Morgan fingerprint density at radius 2 is 1.72 bits per heavy atom. The SMILES string of the molecule is CCCN(C[C@H]1CC[C@H](CNC(=O)O)CC1)S(=O)(=O)c1ccc2ccccc2c1. The van der Waals surface area contributed by atoms with E-state index in [4.69, 9.17) is 5.11 Å². The standard InChI is InChI=1S/C22H30N2O4S/c1-2-13-24(16-18-9-7-17(8-10-18)15-23-22(25)26)29(27,28)21-12-11-19-5-3-4-6-20(19)14-21/h3-6,11-12,14,17-18,23H,2,7-10,13,15-16H2,1H3,(H,25,26)/t17-,18-. The van der Waals surface area contributed by atoms with Crippen LogP contribution in [0.5, 0.6) is 0 Å². The fourth-order valence-electron chi connectivity index (χ4n) is 4.17. The molecule has 0 heterocycles. The van der Waals surface area contributed by atoms with Crippen molar-refractivity contribution < 1.29 is 18.3 Å². The Balaban J connectivity index is 1.69. The van der Waals surface area contributed by atoms with Gasteiger partial charge in [0, 0.05) is 19.6 Å². The highest BCUT2D eigenvalue weighted by molar-refractivity contribution is 7.89. The van der Waals surface area contributed by atoms with Gasteiger partial charge in [0.15, 0.2) is 0 Å². The molecule has 0 spiro atoms. The molecular formula is C22H30N2O4S. The molecule has 0 atom stereocenters. The molecule has 1 aliphatic rings. The number of nitrogens with zero attached hydrogens (tertiary/aromatic N) is 1. The molecule has 0 aliphatic heterocycles. The molecule has 1 fully saturated rings. The van der Waals surface area contributed by atoms with Gasteiger partial charge >= 0.3 is 6.09 Å². The number of sulfonamides is 1. The first kappa shape index (κ1) is 21.6. The molecule has 3 rings (SSSR count).